The number of hydrogen-bond donors (Lipinski definition) is 2. The van der Waals surface area contributed by atoms with Gasteiger partial charge in [-0.15, -0.1) is 0 Å². The maximum Gasteiger partial charge on any atom is 0.296 e. The number of rotatable bonds is 2. The van der Waals surface area contributed by atoms with Gasteiger partial charge in [0.25, 0.3) is 23.4 Å². The molecule has 2 aliphatic rings. The van der Waals surface area contributed by atoms with E-state index in [1.54, 1.807) is 0 Å². The molecule has 2 amide bonds. The minimum Gasteiger partial charge on any atom is -0.318 e. The second-order valence-corrected chi connectivity index (χ2v) is 5.42. The standard InChI is InChI=1S/C17H8N2O5/c20-13(7-1-3-9-11(5-7)18-16(23)14(9)21)8-2-4-10-12(6-8)19-17(24)15(10)22/h1-6H,(H,18,21,23)(H,19,22,24). The number of anilines is 2. The molecule has 2 N–H and O–H groups in total. The summed E-state index contributed by atoms with van der Waals surface area (Å²) in [6.07, 6.45) is 0. The van der Waals surface area contributed by atoms with Gasteiger partial charge in [-0.3, -0.25) is 24.0 Å². The summed E-state index contributed by atoms with van der Waals surface area (Å²) in [5.74, 6) is -3.09. The highest BCUT2D eigenvalue weighted by Gasteiger charge is 2.30. The maximum absolute atomic E-state index is 12.6. The van der Waals surface area contributed by atoms with Crippen LogP contribution in [0.2, 0.25) is 0 Å². The first-order chi connectivity index (χ1) is 11.5. The molecule has 2 heterocycles. The van der Waals surface area contributed by atoms with Crippen molar-refractivity contribution in [1.82, 2.24) is 0 Å². The van der Waals surface area contributed by atoms with Gasteiger partial charge < -0.3 is 10.6 Å². The average molecular weight is 320 g/mol. The SMILES string of the molecule is O=C1Nc2cc(C(=O)c3ccc4c(c3)NC(=O)C4=O)ccc2C1=O. The molecule has 0 aliphatic carbocycles. The third-order valence-corrected chi connectivity index (χ3v) is 3.96. The molecule has 2 aromatic rings. The summed E-state index contributed by atoms with van der Waals surface area (Å²) in [6.45, 7) is 0. The molecule has 0 unspecified atom stereocenters. The van der Waals surface area contributed by atoms with Crippen molar-refractivity contribution in [3.8, 4) is 0 Å². The van der Waals surface area contributed by atoms with Gasteiger partial charge in [0, 0.05) is 11.1 Å². The Morgan fingerprint density at radius 3 is 1.50 bits per heavy atom. The van der Waals surface area contributed by atoms with Crippen LogP contribution in [-0.4, -0.2) is 29.2 Å². The van der Waals surface area contributed by atoms with Crippen LogP contribution in [0.15, 0.2) is 36.4 Å². The molecule has 0 radical (unpaired) electrons. The first-order valence-corrected chi connectivity index (χ1v) is 7.00. The highest BCUT2D eigenvalue weighted by Crippen LogP contribution is 2.28. The van der Waals surface area contributed by atoms with Crippen molar-refractivity contribution >= 4 is 40.5 Å². The zero-order chi connectivity index (χ0) is 17.0. The van der Waals surface area contributed by atoms with Crippen LogP contribution in [0.1, 0.15) is 36.6 Å². The zero-order valence-corrected chi connectivity index (χ0v) is 12.0. The van der Waals surface area contributed by atoms with Crippen LogP contribution in [0.25, 0.3) is 0 Å². The molecule has 0 saturated carbocycles. The summed E-state index contributed by atoms with van der Waals surface area (Å²) in [7, 11) is 0. The van der Waals surface area contributed by atoms with E-state index in [2.05, 4.69) is 10.6 Å². The average Bonchev–Trinajstić information content (AvgIpc) is 3.02. The Bertz CT molecular complexity index is 927. The molecular formula is C17H8N2O5. The lowest BCUT2D eigenvalue weighted by molar-refractivity contribution is -0.112. The van der Waals surface area contributed by atoms with E-state index in [9.17, 15) is 24.0 Å². The van der Waals surface area contributed by atoms with Crippen LogP contribution < -0.4 is 10.6 Å². The third-order valence-electron chi connectivity index (χ3n) is 3.96. The Balaban J connectivity index is 1.71. The van der Waals surface area contributed by atoms with Gasteiger partial charge in [-0.1, -0.05) is 12.1 Å². The monoisotopic (exact) mass is 320 g/mol. The smallest absolute Gasteiger partial charge is 0.296 e. The third kappa shape index (κ3) is 1.88. The molecule has 0 spiro atoms. The normalized spacial score (nSPS) is 15.0. The molecule has 2 aliphatic heterocycles. The Labute approximate surface area is 134 Å². The van der Waals surface area contributed by atoms with Gasteiger partial charge in [-0.2, -0.15) is 0 Å². The highest BCUT2D eigenvalue weighted by molar-refractivity contribution is 6.52. The van der Waals surface area contributed by atoms with Crippen LogP contribution in [-0.2, 0) is 9.59 Å². The van der Waals surface area contributed by atoms with E-state index in [0.29, 0.717) is 11.4 Å². The van der Waals surface area contributed by atoms with Gasteiger partial charge in [-0.25, -0.2) is 0 Å². The van der Waals surface area contributed by atoms with E-state index in [0.717, 1.165) is 0 Å². The Hall–Kier alpha value is -3.61. The largest absolute Gasteiger partial charge is 0.318 e. The van der Waals surface area contributed by atoms with Gasteiger partial charge in [0.15, 0.2) is 5.78 Å². The number of amides is 2. The van der Waals surface area contributed by atoms with Gasteiger partial charge in [0.2, 0.25) is 0 Å². The summed E-state index contributed by atoms with van der Waals surface area (Å²) < 4.78 is 0. The first-order valence-electron chi connectivity index (χ1n) is 7.00. The molecule has 0 fully saturated rings. The Kier molecular flexibility index (Phi) is 2.74. The van der Waals surface area contributed by atoms with Gasteiger partial charge in [0.05, 0.1) is 22.5 Å². The summed E-state index contributed by atoms with van der Waals surface area (Å²) >= 11 is 0. The number of carbonyl (C=O) groups excluding carboxylic acids is 5. The van der Waals surface area contributed by atoms with Crippen LogP contribution in [0.3, 0.4) is 0 Å². The van der Waals surface area contributed by atoms with Crippen molar-refractivity contribution in [3.05, 3.63) is 58.7 Å². The molecule has 7 heteroatoms. The highest BCUT2D eigenvalue weighted by atomic mass is 16.2. The summed E-state index contributed by atoms with van der Waals surface area (Å²) in [5, 5.41) is 4.81. The van der Waals surface area contributed by atoms with Gasteiger partial charge >= 0.3 is 0 Å². The topological polar surface area (TPSA) is 109 Å². The lowest BCUT2D eigenvalue weighted by Gasteiger charge is -2.05. The maximum atomic E-state index is 12.6. The number of fused-ring (bicyclic) bond motifs is 2. The number of ketones is 3. The molecule has 4 rings (SSSR count). The fourth-order valence-electron chi connectivity index (χ4n) is 2.74. The predicted molar refractivity (Wildman–Crippen MR) is 82.2 cm³/mol. The predicted octanol–water partition coefficient (Wildman–Crippen LogP) is 1.19. The molecule has 7 nitrogen and oxygen atoms in total. The first kappa shape index (κ1) is 14.0. The summed E-state index contributed by atoms with van der Waals surface area (Å²) in [4.78, 5) is 58.4. The van der Waals surface area contributed by atoms with E-state index >= 15 is 0 Å². The molecule has 0 atom stereocenters. The molecule has 0 aromatic heterocycles. The van der Waals surface area contributed by atoms with E-state index in [4.69, 9.17) is 0 Å². The van der Waals surface area contributed by atoms with Crippen molar-refractivity contribution in [1.29, 1.82) is 0 Å². The summed E-state index contributed by atoms with van der Waals surface area (Å²) in [6, 6.07) is 8.60. The molecule has 0 bridgehead atoms. The van der Waals surface area contributed by atoms with E-state index in [1.807, 2.05) is 0 Å². The molecule has 116 valence electrons. The van der Waals surface area contributed by atoms with Crippen LogP contribution >= 0.6 is 0 Å². The second-order valence-electron chi connectivity index (χ2n) is 5.42. The minimum absolute atomic E-state index is 0.225. The van der Waals surface area contributed by atoms with Gasteiger partial charge in [-0.05, 0) is 24.3 Å². The lowest BCUT2D eigenvalue weighted by Crippen LogP contribution is -2.12. The van der Waals surface area contributed by atoms with E-state index < -0.39 is 23.4 Å². The van der Waals surface area contributed by atoms with Crippen molar-refractivity contribution < 1.29 is 24.0 Å². The Morgan fingerprint density at radius 2 is 1.08 bits per heavy atom. The fraction of sp³-hybridized carbons (Fsp3) is 0. The fourth-order valence-corrected chi connectivity index (χ4v) is 2.74. The van der Waals surface area contributed by atoms with Crippen LogP contribution in [0, 0.1) is 0 Å². The number of nitrogens with one attached hydrogen (secondary N) is 2. The molecular weight excluding hydrogens is 312 g/mol. The number of Topliss-reactive ketones (excluding diaryl/α,β-unsaturated/α-hetero) is 2. The molecule has 2 aromatic carbocycles. The van der Waals surface area contributed by atoms with Crippen LogP contribution in [0.5, 0.6) is 0 Å². The van der Waals surface area contributed by atoms with Crippen molar-refractivity contribution in [2.75, 3.05) is 10.6 Å². The molecule has 0 saturated heterocycles. The van der Waals surface area contributed by atoms with Crippen LogP contribution in [0.4, 0.5) is 11.4 Å². The van der Waals surface area contributed by atoms with E-state index in [-0.39, 0.29) is 28.0 Å². The van der Waals surface area contributed by atoms with Crippen molar-refractivity contribution in [2.45, 2.75) is 0 Å². The second kappa shape index (κ2) is 4.69. The number of hydrogen-bond acceptors (Lipinski definition) is 5. The number of carbonyl (C=O) groups is 5. The zero-order valence-electron chi connectivity index (χ0n) is 12.0. The molecule has 24 heavy (non-hydrogen) atoms. The quantitative estimate of drug-likeness (QED) is 0.638. The summed E-state index contributed by atoms with van der Waals surface area (Å²) in [5.41, 5.74) is 1.59. The van der Waals surface area contributed by atoms with Crippen molar-refractivity contribution in [2.24, 2.45) is 0 Å². The van der Waals surface area contributed by atoms with Crippen molar-refractivity contribution in [3.63, 3.8) is 0 Å². The van der Waals surface area contributed by atoms with Gasteiger partial charge in [0.1, 0.15) is 0 Å². The lowest BCUT2D eigenvalue weighted by atomic mass is 9.99. The number of benzene rings is 2. The minimum atomic E-state index is -0.728. The Morgan fingerprint density at radius 1 is 0.667 bits per heavy atom. The van der Waals surface area contributed by atoms with E-state index in [1.165, 1.54) is 36.4 Å².